The van der Waals surface area contributed by atoms with Crippen LogP contribution in [0.25, 0.3) is 0 Å². The van der Waals surface area contributed by atoms with Crippen LogP contribution in [0.4, 0.5) is 5.69 Å². The fraction of sp³-hybridized carbons (Fsp3) is 0.235. The smallest absolute Gasteiger partial charge is 0.224 e. The Bertz CT molecular complexity index is 613. The van der Waals surface area contributed by atoms with Gasteiger partial charge in [0.15, 0.2) is 0 Å². The van der Waals surface area contributed by atoms with Crippen LogP contribution in [0.1, 0.15) is 18.9 Å². The Morgan fingerprint density at radius 3 is 2.76 bits per heavy atom. The lowest BCUT2D eigenvalue weighted by Crippen LogP contribution is -2.12. The molecule has 0 bridgehead atoms. The molecule has 0 unspecified atom stereocenters. The van der Waals surface area contributed by atoms with E-state index in [9.17, 15) is 4.79 Å². The summed E-state index contributed by atoms with van der Waals surface area (Å²) in [6, 6.07) is 15.4. The number of nitrogens with one attached hydrogen (secondary N) is 1. The maximum Gasteiger partial charge on any atom is 0.224 e. The number of aryl methyl sites for hydroxylation is 1. The summed E-state index contributed by atoms with van der Waals surface area (Å²) in [4.78, 5) is 12.0. The van der Waals surface area contributed by atoms with E-state index in [2.05, 4.69) is 21.2 Å². The van der Waals surface area contributed by atoms with E-state index < -0.39 is 0 Å². The summed E-state index contributed by atoms with van der Waals surface area (Å²) >= 11 is 3.39. The third-order valence-corrected chi connectivity index (χ3v) is 3.50. The van der Waals surface area contributed by atoms with Gasteiger partial charge in [0, 0.05) is 16.6 Å². The number of hydrogen-bond donors (Lipinski definition) is 1. The summed E-state index contributed by atoms with van der Waals surface area (Å²) in [5.74, 6) is 0.856. The van der Waals surface area contributed by atoms with Crippen LogP contribution < -0.4 is 10.1 Å². The van der Waals surface area contributed by atoms with Crippen molar-refractivity contribution in [3.8, 4) is 5.75 Å². The predicted molar refractivity (Wildman–Crippen MR) is 88.7 cm³/mol. The summed E-state index contributed by atoms with van der Waals surface area (Å²) < 4.78 is 6.51. The second-order valence-electron chi connectivity index (χ2n) is 4.60. The molecular formula is C17H18BrNO2. The van der Waals surface area contributed by atoms with Crippen LogP contribution >= 0.6 is 15.9 Å². The van der Waals surface area contributed by atoms with Crippen LogP contribution in [0.2, 0.25) is 0 Å². The van der Waals surface area contributed by atoms with Crippen molar-refractivity contribution in [1.82, 2.24) is 0 Å². The molecule has 21 heavy (non-hydrogen) atoms. The Balaban J connectivity index is 1.92. The zero-order chi connectivity index (χ0) is 15.1. The molecule has 2 rings (SSSR count). The van der Waals surface area contributed by atoms with Gasteiger partial charge in [-0.15, -0.1) is 0 Å². The van der Waals surface area contributed by atoms with Gasteiger partial charge >= 0.3 is 0 Å². The number of halogens is 1. The first-order valence-electron chi connectivity index (χ1n) is 6.95. The normalized spacial score (nSPS) is 10.2. The largest absolute Gasteiger partial charge is 0.494 e. The van der Waals surface area contributed by atoms with Gasteiger partial charge in [0.05, 0.1) is 6.61 Å². The zero-order valence-corrected chi connectivity index (χ0v) is 13.5. The Kier molecular flexibility index (Phi) is 5.81. The third kappa shape index (κ3) is 4.90. The number of carbonyl (C=O) groups is 1. The molecule has 0 aliphatic carbocycles. The quantitative estimate of drug-likeness (QED) is 0.839. The van der Waals surface area contributed by atoms with Gasteiger partial charge < -0.3 is 10.1 Å². The molecule has 0 radical (unpaired) electrons. The van der Waals surface area contributed by atoms with Crippen molar-refractivity contribution in [3.05, 3.63) is 58.6 Å². The average molecular weight is 348 g/mol. The Morgan fingerprint density at radius 1 is 1.19 bits per heavy atom. The third-order valence-electron chi connectivity index (χ3n) is 3.00. The number of para-hydroxylation sites is 1. The highest BCUT2D eigenvalue weighted by Crippen LogP contribution is 2.20. The van der Waals surface area contributed by atoms with E-state index in [1.54, 1.807) is 0 Å². The average Bonchev–Trinajstić information content (AvgIpc) is 2.47. The van der Waals surface area contributed by atoms with E-state index in [1.165, 1.54) is 0 Å². The fourth-order valence-electron chi connectivity index (χ4n) is 2.04. The maximum atomic E-state index is 12.0. The standard InChI is InChI=1S/C17H18BrNO2/c1-2-21-16-9-4-3-6-13(16)10-11-17(20)19-15-8-5-7-14(18)12-15/h3-9,12H,2,10-11H2,1H3,(H,19,20). The monoisotopic (exact) mass is 347 g/mol. The molecule has 4 heteroatoms. The van der Waals surface area contributed by atoms with Crippen molar-refractivity contribution in [2.45, 2.75) is 19.8 Å². The first kappa shape index (κ1) is 15.6. The Hall–Kier alpha value is -1.81. The molecule has 0 aliphatic rings. The molecule has 2 aromatic rings. The van der Waals surface area contributed by atoms with Gasteiger partial charge in [-0.2, -0.15) is 0 Å². The SMILES string of the molecule is CCOc1ccccc1CCC(=O)Nc1cccc(Br)c1. The topological polar surface area (TPSA) is 38.3 Å². The van der Waals surface area contributed by atoms with Gasteiger partial charge in [0.2, 0.25) is 5.91 Å². The molecule has 1 N–H and O–H groups in total. The predicted octanol–water partition coefficient (Wildman–Crippen LogP) is 4.42. The first-order chi connectivity index (χ1) is 10.2. The van der Waals surface area contributed by atoms with Gasteiger partial charge in [-0.3, -0.25) is 4.79 Å². The summed E-state index contributed by atoms with van der Waals surface area (Å²) in [5.41, 5.74) is 1.86. The van der Waals surface area contributed by atoms with E-state index in [0.29, 0.717) is 19.4 Å². The number of hydrogen-bond acceptors (Lipinski definition) is 2. The van der Waals surface area contributed by atoms with Crippen molar-refractivity contribution in [3.63, 3.8) is 0 Å². The van der Waals surface area contributed by atoms with Crippen LogP contribution in [0.15, 0.2) is 53.0 Å². The molecule has 0 heterocycles. The maximum absolute atomic E-state index is 12.0. The highest BCUT2D eigenvalue weighted by molar-refractivity contribution is 9.10. The Morgan fingerprint density at radius 2 is 2.00 bits per heavy atom. The molecule has 2 aromatic carbocycles. The Labute approximate surface area is 133 Å². The molecule has 3 nitrogen and oxygen atoms in total. The van der Waals surface area contributed by atoms with Crippen molar-refractivity contribution >= 4 is 27.5 Å². The summed E-state index contributed by atoms with van der Waals surface area (Å²) in [6.45, 7) is 2.58. The highest BCUT2D eigenvalue weighted by Gasteiger charge is 2.07. The number of amides is 1. The van der Waals surface area contributed by atoms with E-state index in [-0.39, 0.29) is 5.91 Å². The second kappa shape index (κ2) is 7.84. The number of carbonyl (C=O) groups excluding carboxylic acids is 1. The molecule has 1 amide bonds. The molecule has 0 atom stereocenters. The van der Waals surface area contributed by atoms with E-state index in [1.807, 2.05) is 55.5 Å². The van der Waals surface area contributed by atoms with E-state index in [0.717, 1.165) is 21.5 Å². The number of rotatable bonds is 6. The van der Waals surface area contributed by atoms with Crippen molar-refractivity contribution in [2.24, 2.45) is 0 Å². The van der Waals surface area contributed by atoms with Gasteiger partial charge in [-0.25, -0.2) is 0 Å². The van der Waals surface area contributed by atoms with Gasteiger partial charge in [-0.1, -0.05) is 40.2 Å². The number of ether oxygens (including phenoxy) is 1. The van der Waals surface area contributed by atoms with Crippen molar-refractivity contribution < 1.29 is 9.53 Å². The highest BCUT2D eigenvalue weighted by atomic mass is 79.9. The van der Waals surface area contributed by atoms with Crippen LogP contribution in [-0.4, -0.2) is 12.5 Å². The summed E-state index contributed by atoms with van der Waals surface area (Å²) in [7, 11) is 0. The molecule has 0 aliphatic heterocycles. The van der Waals surface area contributed by atoms with Crippen LogP contribution in [0.5, 0.6) is 5.75 Å². The minimum atomic E-state index is -0.000554. The fourth-order valence-corrected chi connectivity index (χ4v) is 2.44. The van der Waals surface area contributed by atoms with Gasteiger partial charge in [-0.05, 0) is 43.2 Å². The minimum absolute atomic E-state index is 0.000554. The lowest BCUT2D eigenvalue weighted by molar-refractivity contribution is -0.116. The minimum Gasteiger partial charge on any atom is -0.494 e. The lowest BCUT2D eigenvalue weighted by atomic mass is 10.1. The van der Waals surface area contributed by atoms with Gasteiger partial charge in [0.25, 0.3) is 0 Å². The molecule has 0 saturated carbocycles. The molecule has 0 saturated heterocycles. The molecular weight excluding hydrogens is 330 g/mol. The number of benzene rings is 2. The summed E-state index contributed by atoms with van der Waals surface area (Å²) in [5, 5.41) is 2.89. The van der Waals surface area contributed by atoms with E-state index in [4.69, 9.17) is 4.74 Å². The van der Waals surface area contributed by atoms with Crippen LogP contribution in [-0.2, 0) is 11.2 Å². The van der Waals surface area contributed by atoms with Crippen molar-refractivity contribution in [1.29, 1.82) is 0 Å². The number of anilines is 1. The van der Waals surface area contributed by atoms with Gasteiger partial charge in [0.1, 0.15) is 5.75 Å². The molecule has 0 spiro atoms. The lowest BCUT2D eigenvalue weighted by Gasteiger charge is -2.10. The van der Waals surface area contributed by atoms with Crippen LogP contribution in [0, 0.1) is 0 Å². The molecule has 0 fully saturated rings. The second-order valence-corrected chi connectivity index (χ2v) is 5.51. The summed E-state index contributed by atoms with van der Waals surface area (Å²) in [6.07, 6.45) is 1.09. The first-order valence-corrected chi connectivity index (χ1v) is 7.74. The molecule has 0 aromatic heterocycles. The molecule has 110 valence electrons. The van der Waals surface area contributed by atoms with Crippen LogP contribution in [0.3, 0.4) is 0 Å². The zero-order valence-electron chi connectivity index (χ0n) is 11.9. The van der Waals surface area contributed by atoms with Crippen molar-refractivity contribution in [2.75, 3.05) is 11.9 Å². The van der Waals surface area contributed by atoms with E-state index >= 15 is 0 Å².